The first-order valence-corrected chi connectivity index (χ1v) is 11.4. The number of aryl methyl sites for hydroxylation is 1. The molecular weight excluding hydrogens is 406 g/mol. The number of benzene rings is 2. The highest BCUT2D eigenvalue weighted by Gasteiger charge is 2.26. The van der Waals surface area contributed by atoms with Gasteiger partial charge in [0.2, 0.25) is 0 Å². The van der Waals surface area contributed by atoms with E-state index in [1.165, 1.54) is 0 Å². The molecule has 0 spiro atoms. The van der Waals surface area contributed by atoms with E-state index in [4.69, 9.17) is 9.47 Å². The molecule has 2 heterocycles. The third-order valence-electron chi connectivity index (χ3n) is 6.12. The maximum absolute atomic E-state index is 11.3. The number of carbonyl (C=O) groups is 1. The van der Waals surface area contributed by atoms with E-state index < -0.39 is 5.97 Å². The topological polar surface area (TPSA) is 79.2 Å². The lowest BCUT2D eigenvalue weighted by Gasteiger charge is -2.32. The number of aromatic hydroxyl groups is 1. The van der Waals surface area contributed by atoms with E-state index in [1.807, 2.05) is 36.4 Å². The Morgan fingerprint density at radius 2 is 2.12 bits per heavy atom. The van der Waals surface area contributed by atoms with Crippen LogP contribution in [0.15, 0.2) is 42.0 Å². The van der Waals surface area contributed by atoms with Gasteiger partial charge in [-0.1, -0.05) is 25.5 Å². The predicted molar refractivity (Wildman–Crippen MR) is 123 cm³/mol. The molecule has 1 unspecified atom stereocenters. The van der Waals surface area contributed by atoms with Gasteiger partial charge in [-0.25, -0.2) is 0 Å². The average molecular weight is 438 g/mol. The molecule has 2 aromatic rings. The highest BCUT2D eigenvalue weighted by molar-refractivity contribution is 5.70. The molecule has 1 saturated heterocycles. The molecule has 32 heavy (non-hydrogen) atoms. The van der Waals surface area contributed by atoms with E-state index in [2.05, 4.69) is 17.9 Å². The molecule has 2 aliphatic rings. The standard InChI is InChI=1S/C26H31NO5/c1-2-4-18-6-7-22(24(28)12-18)17-31-23-9-8-20-11-19(16-32-25(20)13-23)14-27-10-3-5-21(15-27)26(29)30/h6-9,11-13,21,28H,2-5,10,14-17H2,1H3,(H,29,30). The molecular formula is C26H31NO5. The molecule has 6 heteroatoms. The van der Waals surface area contributed by atoms with Crippen molar-refractivity contribution >= 4 is 12.0 Å². The van der Waals surface area contributed by atoms with Gasteiger partial charge in [-0.05, 0) is 61.2 Å². The fourth-order valence-corrected chi connectivity index (χ4v) is 4.40. The van der Waals surface area contributed by atoms with Crippen molar-refractivity contribution in [1.82, 2.24) is 4.90 Å². The molecule has 6 nitrogen and oxygen atoms in total. The Balaban J connectivity index is 1.36. The number of phenols is 1. The Kier molecular flexibility index (Phi) is 7.00. The van der Waals surface area contributed by atoms with Crippen LogP contribution in [-0.4, -0.2) is 47.3 Å². The summed E-state index contributed by atoms with van der Waals surface area (Å²) in [5.41, 5.74) is 4.03. The summed E-state index contributed by atoms with van der Waals surface area (Å²) < 4.78 is 11.9. The van der Waals surface area contributed by atoms with Crippen LogP contribution in [0.1, 0.15) is 42.9 Å². The van der Waals surface area contributed by atoms with Crippen molar-refractivity contribution < 1.29 is 24.5 Å². The normalized spacial score (nSPS) is 18.4. The minimum absolute atomic E-state index is 0.264. The summed E-state index contributed by atoms with van der Waals surface area (Å²) in [7, 11) is 0. The van der Waals surface area contributed by atoms with Gasteiger partial charge >= 0.3 is 5.97 Å². The van der Waals surface area contributed by atoms with Crippen LogP contribution in [-0.2, 0) is 17.8 Å². The third-order valence-corrected chi connectivity index (χ3v) is 6.12. The second kappa shape index (κ2) is 10.1. The summed E-state index contributed by atoms with van der Waals surface area (Å²) in [6.45, 7) is 5.15. The van der Waals surface area contributed by atoms with Crippen molar-refractivity contribution in [2.24, 2.45) is 5.92 Å². The van der Waals surface area contributed by atoms with Crippen molar-refractivity contribution in [3.05, 3.63) is 58.7 Å². The number of hydrogen-bond donors (Lipinski definition) is 2. The Bertz CT molecular complexity index is 1000. The van der Waals surface area contributed by atoms with Gasteiger partial charge in [0.05, 0.1) is 5.92 Å². The summed E-state index contributed by atoms with van der Waals surface area (Å²) in [5.74, 6) is 0.754. The lowest BCUT2D eigenvalue weighted by atomic mass is 9.97. The molecule has 1 atom stereocenters. The van der Waals surface area contributed by atoms with Gasteiger partial charge < -0.3 is 19.7 Å². The van der Waals surface area contributed by atoms with Gasteiger partial charge in [0.15, 0.2) is 0 Å². The SMILES string of the molecule is CCCc1ccc(COc2ccc3c(c2)OCC(CN2CCCC(C(=O)O)C2)=C3)c(O)c1. The fourth-order valence-electron chi connectivity index (χ4n) is 4.40. The first-order chi connectivity index (χ1) is 15.5. The van der Waals surface area contributed by atoms with Crippen LogP contribution in [0.5, 0.6) is 17.2 Å². The highest BCUT2D eigenvalue weighted by atomic mass is 16.5. The lowest BCUT2D eigenvalue weighted by molar-refractivity contribution is -0.143. The maximum Gasteiger partial charge on any atom is 0.307 e. The molecule has 2 N–H and O–H groups in total. The van der Waals surface area contributed by atoms with Crippen LogP contribution in [0.25, 0.3) is 6.08 Å². The molecule has 1 fully saturated rings. The number of rotatable bonds is 8. The number of piperidine rings is 1. The number of carboxylic acids is 1. The number of aliphatic carboxylic acids is 1. The molecule has 0 saturated carbocycles. The summed E-state index contributed by atoms with van der Waals surface area (Å²) in [6.07, 6.45) is 5.80. The van der Waals surface area contributed by atoms with Crippen LogP contribution in [0.2, 0.25) is 0 Å². The number of likely N-dealkylation sites (tertiary alicyclic amines) is 1. The first-order valence-electron chi connectivity index (χ1n) is 11.4. The van der Waals surface area contributed by atoms with Crippen molar-refractivity contribution in [2.75, 3.05) is 26.2 Å². The van der Waals surface area contributed by atoms with E-state index in [-0.39, 0.29) is 18.3 Å². The Hall–Kier alpha value is -2.99. The van der Waals surface area contributed by atoms with Gasteiger partial charge in [-0.2, -0.15) is 0 Å². The van der Waals surface area contributed by atoms with Crippen LogP contribution in [0.3, 0.4) is 0 Å². The summed E-state index contributed by atoms with van der Waals surface area (Å²) in [6, 6.07) is 11.5. The van der Waals surface area contributed by atoms with Crippen molar-refractivity contribution in [3.8, 4) is 17.2 Å². The van der Waals surface area contributed by atoms with Gasteiger partial charge in [0, 0.05) is 30.3 Å². The van der Waals surface area contributed by atoms with Crippen molar-refractivity contribution in [3.63, 3.8) is 0 Å². The van der Waals surface area contributed by atoms with Crippen molar-refractivity contribution in [2.45, 2.75) is 39.2 Å². The molecule has 170 valence electrons. The first kappa shape index (κ1) is 22.2. The Labute approximate surface area is 189 Å². The van der Waals surface area contributed by atoms with Crippen LogP contribution in [0.4, 0.5) is 0 Å². The maximum atomic E-state index is 11.3. The monoisotopic (exact) mass is 437 g/mol. The van der Waals surface area contributed by atoms with Crippen molar-refractivity contribution in [1.29, 1.82) is 0 Å². The van der Waals surface area contributed by atoms with E-state index in [9.17, 15) is 15.0 Å². The van der Waals surface area contributed by atoms with Gasteiger partial charge in [0.1, 0.15) is 30.5 Å². The summed E-state index contributed by atoms with van der Waals surface area (Å²) in [5, 5.41) is 19.5. The minimum Gasteiger partial charge on any atom is -0.508 e. The molecule has 0 radical (unpaired) electrons. The van der Waals surface area contributed by atoms with E-state index in [0.29, 0.717) is 18.9 Å². The molecule has 2 aromatic carbocycles. The molecule has 0 amide bonds. The zero-order valence-corrected chi connectivity index (χ0v) is 18.5. The Morgan fingerprint density at radius 3 is 2.91 bits per heavy atom. The highest BCUT2D eigenvalue weighted by Crippen LogP contribution is 2.32. The number of ether oxygens (including phenoxy) is 2. The zero-order chi connectivity index (χ0) is 22.5. The number of nitrogens with zero attached hydrogens (tertiary/aromatic N) is 1. The second-order valence-electron chi connectivity index (χ2n) is 8.71. The minimum atomic E-state index is -0.702. The van der Waals surface area contributed by atoms with Gasteiger partial charge in [-0.15, -0.1) is 0 Å². The molecule has 0 aliphatic carbocycles. The quantitative estimate of drug-likeness (QED) is 0.633. The molecule has 0 bridgehead atoms. The number of phenolic OH excluding ortho intramolecular Hbond substituents is 1. The molecule has 4 rings (SSSR count). The van der Waals surface area contributed by atoms with E-state index >= 15 is 0 Å². The predicted octanol–water partition coefficient (Wildman–Crippen LogP) is 4.50. The average Bonchev–Trinajstić information content (AvgIpc) is 2.79. The molecule has 0 aromatic heterocycles. The second-order valence-corrected chi connectivity index (χ2v) is 8.71. The third kappa shape index (κ3) is 5.43. The largest absolute Gasteiger partial charge is 0.508 e. The summed E-state index contributed by atoms with van der Waals surface area (Å²) in [4.78, 5) is 13.5. The lowest BCUT2D eigenvalue weighted by Crippen LogP contribution is -2.40. The fraction of sp³-hybridized carbons (Fsp3) is 0.423. The van der Waals surface area contributed by atoms with Gasteiger partial charge in [-0.3, -0.25) is 9.69 Å². The van der Waals surface area contributed by atoms with E-state index in [1.54, 1.807) is 0 Å². The molecule has 2 aliphatic heterocycles. The van der Waals surface area contributed by atoms with Crippen LogP contribution < -0.4 is 9.47 Å². The number of carboxylic acid groups (broad SMARTS) is 1. The smallest absolute Gasteiger partial charge is 0.307 e. The number of hydrogen-bond acceptors (Lipinski definition) is 5. The van der Waals surface area contributed by atoms with E-state index in [0.717, 1.165) is 66.8 Å². The van der Waals surface area contributed by atoms with Crippen LogP contribution in [0, 0.1) is 5.92 Å². The number of fused-ring (bicyclic) bond motifs is 1. The van der Waals surface area contributed by atoms with Gasteiger partial charge in [0.25, 0.3) is 0 Å². The Morgan fingerprint density at radius 1 is 1.25 bits per heavy atom. The summed E-state index contributed by atoms with van der Waals surface area (Å²) >= 11 is 0. The van der Waals surface area contributed by atoms with Crippen LogP contribution >= 0.6 is 0 Å². The zero-order valence-electron chi connectivity index (χ0n) is 18.5.